The van der Waals surface area contributed by atoms with Gasteiger partial charge in [-0.25, -0.2) is 8.42 Å². The van der Waals surface area contributed by atoms with Crippen LogP contribution in [0.1, 0.15) is 11.1 Å². The van der Waals surface area contributed by atoms with Gasteiger partial charge in [0.05, 0.1) is 16.9 Å². The second-order valence-electron chi connectivity index (χ2n) is 7.39. The van der Waals surface area contributed by atoms with Gasteiger partial charge >= 0.3 is 5.97 Å². The zero-order valence-electron chi connectivity index (χ0n) is 17.2. The molecule has 1 heterocycles. The zero-order valence-corrected chi connectivity index (χ0v) is 18.0. The SMILES string of the molecule is COC(=O)[C@H]1Cc2ccccc2CN1S(=O)(=O)c1ccc(-c2ccc([N+](=O)[O-])cc2)cc1. The number of esters is 1. The smallest absolute Gasteiger partial charge is 0.324 e. The number of sulfonamides is 1. The maximum absolute atomic E-state index is 13.4. The van der Waals surface area contributed by atoms with Crippen LogP contribution in [-0.2, 0) is 32.5 Å². The molecule has 0 aliphatic carbocycles. The highest BCUT2D eigenvalue weighted by Crippen LogP contribution is 2.31. The first-order valence-corrected chi connectivity index (χ1v) is 11.3. The topological polar surface area (TPSA) is 107 Å². The van der Waals surface area contributed by atoms with Crippen LogP contribution in [0.15, 0.2) is 77.7 Å². The van der Waals surface area contributed by atoms with Crippen LogP contribution < -0.4 is 0 Å². The van der Waals surface area contributed by atoms with Gasteiger partial charge in [0.15, 0.2) is 0 Å². The molecule has 0 aromatic heterocycles. The molecule has 0 bridgehead atoms. The molecule has 0 unspecified atom stereocenters. The molecule has 1 aliphatic heterocycles. The Bertz CT molecular complexity index is 1270. The highest BCUT2D eigenvalue weighted by Gasteiger charge is 2.40. The first kappa shape index (κ1) is 21.7. The number of benzene rings is 3. The Morgan fingerprint density at radius 2 is 1.53 bits per heavy atom. The van der Waals surface area contributed by atoms with E-state index < -0.39 is 27.0 Å². The molecule has 0 saturated heterocycles. The quantitative estimate of drug-likeness (QED) is 0.333. The van der Waals surface area contributed by atoms with E-state index in [1.165, 1.54) is 35.7 Å². The number of carbonyl (C=O) groups excluding carboxylic acids is 1. The minimum atomic E-state index is -3.98. The maximum Gasteiger partial charge on any atom is 0.324 e. The molecule has 0 amide bonds. The molecule has 32 heavy (non-hydrogen) atoms. The molecule has 9 heteroatoms. The van der Waals surface area contributed by atoms with Gasteiger partial charge in [0.2, 0.25) is 10.0 Å². The van der Waals surface area contributed by atoms with E-state index in [0.29, 0.717) is 5.56 Å². The van der Waals surface area contributed by atoms with Crippen molar-refractivity contribution < 1.29 is 22.9 Å². The van der Waals surface area contributed by atoms with Gasteiger partial charge in [-0.1, -0.05) is 36.4 Å². The summed E-state index contributed by atoms with van der Waals surface area (Å²) in [6.45, 7) is 0.0718. The lowest BCUT2D eigenvalue weighted by atomic mass is 9.96. The van der Waals surface area contributed by atoms with Crippen LogP contribution in [-0.4, -0.2) is 36.8 Å². The normalized spacial score (nSPS) is 16.2. The second kappa shape index (κ2) is 8.52. The van der Waals surface area contributed by atoms with Crippen LogP contribution >= 0.6 is 0 Å². The number of non-ortho nitro benzene ring substituents is 1. The molecule has 3 aromatic carbocycles. The van der Waals surface area contributed by atoms with Gasteiger partial charge in [0.25, 0.3) is 5.69 Å². The Morgan fingerprint density at radius 3 is 2.09 bits per heavy atom. The van der Waals surface area contributed by atoms with E-state index in [0.717, 1.165) is 16.7 Å². The predicted molar refractivity (Wildman–Crippen MR) is 117 cm³/mol. The third-order valence-corrected chi connectivity index (χ3v) is 7.42. The molecule has 4 rings (SSSR count). The van der Waals surface area contributed by atoms with Crippen molar-refractivity contribution in [3.63, 3.8) is 0 Å². The summed E-state index contributed by atoms with van der Waals surface area (Å²) in [6.07, 6.45) is 0.239. The fourth-order valence-corrected chi connectivity index (χ4v) is 5.37. The van der Waals surface area contributed by atoms with Crippen LogP contribution in [0.4, 0.5) is 5.69 Å². The lowest BCUT2D eigenvalue weighted by molar-refractivity contribution is -0.384. The van der Waals surface area contributed by atoms with Crippen LogP contribution in [0.25, 0.3) is 11.1 Å². The minimum absolute atomic E-state index is 0.0211. The molecular weight excluding hydrogens is 432 g/mol. The number of nitro benzene ring substituents is 1. The van der Waals surface area contributed by atoms with Gasteiger partial charge in [-0.15, -0.1) is 0 Å². The summed E-state index contributed by atoms with van der Waals surface area (Å²) in [5.41, 5.74) is 3.18. The highest BCUT2D eigenvalue weighted by molar-refractivity contribution is 7.89. The summed E-state index contributed by atoms with van der Waals surface area (Å²) < 4.78 is 32.9. The average Bonchev–Trinajstić information content (AvgIpc) is 2.82. The molecule has 0 spiro atoms. The van der Waals surface area contributed by atoms with Crippen molar-refractivity contribution in [3.8, 4) is 11.1 Å². The van der Waals surface area contributed by atoms with Crippen molar-refractivity contribution in [2.75, 3.05) is 7.11 Å². The Labute approximate surface area is 185 Å². The number of fused-ring (bicyclic) bond motifs is 1. The average molecular weight is 452 g/mol. The molecule has 1 aliphatic rings. The third-order valence-electron chi connectivity index (χ3n) is 5.55. The Hall–Kier alpha value is -3.56. The standard InChI is InChI=1S/C23H20N2O6S/c1-31-23(26)22-14-18-4-2-3-5-19(18)15-24(22)32(29,30)21-12-8-17(9-13-21)16-6-10-20(11-7-16)25(27)28/h2-13,22H,14-15H2,1H3/t22-/m1/s1. The van der Waals surface area contributed by atoms with Crippen LogP contribution in [0.2, 0.25) is 0 Å². The Kier molecular flexibility index (Phi) is 5.77. The summed E-state index contributed by atoms with van der Waals surface area (Å²) in [6, 6.07) is 18.7. The van der Waals surface area contributed by atoms with E-state index >= 15 is 0 Å². The van der Waals surface area contributed by atoms with Crippen LogP contribution in [0.5, 0.6) is 0 Å². The number of nitrogens with zero attached hydrogens (tertiary/aromatic N) is 2. The highest BCUT2D eigenvalue weighted by atomic mass is 32.2. The number of hydrogen-bond acceptors (Lipinski definition) is 6. The van der Waals surface area contributed by atoms with Crippen molar-refractivity contribution in [2.24, 2.45) is 0 Å². The molecule has 0 N–H and O–H groups in total. The number of nitro groups is 1. The van der Waals surface area contributed by atoms with E-state index in [1.807, 2.05) is 24.3 Å². The summed E-state index contributed by atoms with van der Waals surface area (Å²) in [7, 11) is -2.74. The molecule has 8 nitrogen and oxygen atoms in total. The summed E-state index contributed by atoms with van der Waals surface area (Å²) in [5.74, 6) is -0.606. The van der Waals surface area contributed by atoms with Gasteiger partial charge < -0.3 is 4.74 Å². The predicted octanol–water partition coefficient (Wildman–Crippen LogP) is 3.55. The number of hydrogen-bond donors (Lipinski definition) is 0. The monoisotopic (exact) mass is 452 g/mol. The van der Waals surface area contributed by atoms with E-state index in [9.17, 15) is 23.3 Å². The first-order valence-electron chi connectivity index (χ1n) is 9.82. The van der Waals surface area contributed by atoms with Crippen molar-refractivity contribution in [3.05, 3.63) is 94.0 Å². The number of ether oxygens (including phenoxy) is 1. The minimum Gasteiger partial charge on any atom is -0.468 e. The number of methoxy groups -OCH3 is 1. The molecule has 0 saturated carbocycles. The lowest BCUT2D eigenvalue weighted by Gasteiger charge is -2.34. The lowest BCUT2D eigenvalue weighted by Crippen LogP contribution is -2.48. The van der Waals surface area contributed by atoms with E-state index in [-0.39, 0.29) is 23.5 Å². The zero-order chi connectivity index (χ0) is 22.9. The fourth-order valence-electron chi connectivity index (χ4n) is 3.82. The second-order valence-corrected chi connectivity index (χ2v) is 9.28. The van der Waals surface area contributed by atoms with Crippen molar-refractivity contribution >= 4 is 21.7 Å². The molecule has 0 fully saturated rings. The largest absolute Gasteiger partial charge is 0.468 e. The molecule has 1 atom stereocenters. The molecule has 0 radical (unpaired) electrons. The molecule has 3 aromatic rings. The fraction of sp³-hybridized carbons (Fsp3) is 0.174. The van der Waals surface area contributed by atoms with Crippen molar-refractivity contribution in [2.45, 2.75) is 23.9 Å². The first-order chi connectivity index (χ1) is 15.3. The molecule has 164 valence electrons. The van der Waals surface area contributed by atoms with E-state index in [2.05, 4.69) is 0 Å². The third kappa shape index (κ3) is 4.00. The summed E-state index contributed by atoms with van der Waals surface area (Å²) in [4.78, 5) is 22.8. The van der Waals surface area contributed by atoms with Gasteiger partial charge in [-0.05, 0) is 46.5 Å². The van der Waals surface area contributed by atoms with E-state index in [4.69, 9.17) is 4.74 Å². The van der Waals surface area contributed by atoms with Gasteiger partial charge in [-0.2, -0.15) is 4.31 Å². The van der Waals surface area contributed by atoms with Crippen molar-refractivity contribution in [1.29, 1.82) is 0 Å². The van der Waals surface area contributed by atoms with E-state index in [1.54, 1.807) is 24.3 Å². The summed E-state index contributed by atoms with van der Waals surface area (Å²) in [5, 5.41) is 10.8. The van der Waals surface area contributed by atoms with Crippen LogP contribution in [0.3, 0.4) is 0 Å². The van der Waals surface area contributed by atoms with Gasteiger partial charge in [0, 0.05) is 25.1 Å². The number of carbonyl (C=O) groups is 1. The van der Waals surface area contributed by atoms with Crippen molar-refractivity contribution in [1.82, 2.24) is 4.31 Å². The summed E-state index contributed by atoms with van der Waals surface area (Å²) >= 11 is 0. The van der Waals surface area contributed by atoms with Gasteiger partial charge in [-0.3, -0.25) is 14.9 Å². The maximum atomic E-state index is 13.4. The Morgan fingerprint density at radius 1 is 0.969 bits per heavy atom. The van der Waals surface area contributed by atoms with Gasteiger partial charge in [0.1, 0.15) is 6.04 Å². The Balaban J connectivity index is 1.66. The van der Waals surface area contributed by atoms with Crippen LogP contribution in [0, 0.1) is 10.1 Å². The molecular formula is C23H20N2O6S. The number of rotatable bonds is 5.